The first-order valence-corrected chi connectivity index (χ1v) is 8.84. The molecule has 0 aliphatic rings. The fourth-order valence-electron chi connectivity index (χ4n) is 2.18. The molecule has 0 saturated heterocycles. The molecule has 1 unspecified atom stereocenters. The second-order valence-corrected chi connectivity index (χ2v) is 6.77. The lowest BCUT2D eigenvalue weighted by Crippen LogP contribution is -2.22. The summed E-state index contributed by atoms with van der Waals surface area (Å²) in [4.78, 5) is 12.2. The second-order valence-electron chi connectivity index (χ2n) is 5.32. The summed E-state index contributed by atoms with van der Waals surface area (Å²) in [5.41, 5.74) is 2.15. The summed E-state index contributed by atoms with van der Waals surface area (Å²) in [6.45, 7) is 1.95. The average molecular weight is 329 g/mol. The van der Waals surface area contributed by atoms with Crippen molar-refractivity contribution in [3.63, 3.8) is 0 Å². The number of benzene rings is 2. The molecule has 1 atom stereocenters. The molecule has 2 rings (SSSR count). The monoisotopic (exact) mass is 329 g/mol. The molecule has 0 aliphatic heterocycles. The van der Waals surface area contributed by atoms with Crippen molar-refractivity contribution < 1.29 is 9.53 Å². The summed E-state index contributed by atoms with van der Waals surface area (Å²) in [5, 5.41) is 2.87. The molecule has 2 aromatic rings. The van der Waals surface area contributed by atoms with Crippen LogP contribution in [0.15, 0.2) is 54.6 Å². The molecule has 0 bridgehead atoms. The number of hydrogen-bond donors (Lipinski definition) is 1. The van der Waals surface area contributed by atoms with E-state index in [0.717, 1.165) is 30.0 Å². The number of rotatable bonds is 8. The fraction of sp³-hybridized carbons (Fsp3) is 0.316. The van der Waals surface area contributed by atoms with Gasteiger partial charge in [0.25, 0.3) is 0 Å². The van der Waals surface area contributed by atoms with Crippen LogP contribution in [0, 0.1) is 0 Å². The Hall–Kier alpha value is -1.94. The maximum atomic E-state index is 12.2. The van der Waals surface area contributed by atoms with Gasteiger partial charge in [-0.25, -0.2) is 0 Å². The van der Waals surface area contributed by atoms with Gasteiger partial charge in [0, 0.05) is 5.69 Å². The van der Waals surface area contributed by atoms with Crippen LogP contribution in [0.3, 0.4) is 0 Å². The lowest BCUT2D eigenvalue weighted by atomic mass is 10.1. The van der Waals surface area contributed by atoms with Crippen LogP contribution < -0.4 is 10.1 Å². The number of nitrogens with one attached hydrogen (secondary N) is 1. The van der Waals surface area contributed by atoms with Crippen LogP contribution in [-0.2, 0) is 11.2 Å². The lowest BCUT2D eigenvalue weighted by molar-refractivity contribution is -0.115. The van der Waals surface area contributed by atoms with Crippen molar-refractivity contribution in [3.8, 4) is 5.75 Å². The lowest BCUT2D eigenvalue weighted by Gasteiger charge is -2.12. The number of aryl methyl sites for hydroxylation is 1. The highest BCUT2D eigenvalue weighted by Gasteiger charge is 2.13. The minimum atomic E-state index is -0.0622. The van der Waals surface area contributed by atoms with E-state index < -0.39 is 0 Å². The largest absolute Gasteiger partial charge is 0.497 e. The van der Waals surface area contributed by atoms with Crippen molar-refractivity contribution in [2.45, 2.75) is 25.0 Å². The van der Waals surface area contributed by atoms with Crippen molar-refractivity contribution in [3.05, 3.63) is 60.2 Å². The molecule has 3 nitrogen and oxygen atoms in total. The number of carbonyl (C=O) groups is 1. The van der Waals surface area contributed by atoms with E-state index in [1.54, 1.807) is 18.9 Å². The molecule has 122 valence electrons. The molecule has 1 amide bonds. The van der Waals surface area contributed by atoms with Gasteiger partial charge in [0.1, 0.15) is 5.75 Å². The van der Waals surface area contributed by atoms with Gasteiger partial charge >= 0.3 is 0 Å². The minimum Gasteiger partial charge on any atom is -0.497 e. The quantitative estimate of drug-likeness (QED) is 0.730. The maximum absolute atomic E-state index is 12.2. The molecule has 0 fully saturated rings. The normalized spacial score (nSPS) is 11.7. The SMILES string of the molecule is COc1ccc(NC(=O)C(C)SCCCc2ccccc2)cc1. The predicted octanol–water partition coefficient (Wildman–Crippen LogP) is 4.39. The Morgan fingerprint density at radius 2 is 1.83 bits per heavy atom. The van der Waals surface area contributed by atoms with E-state index in [1.807, 2.05) is 37.3 Å². The summed E-state index contributed by atoms with van der Waals surface area (Å²) in [6.07, 6.45) is 2.13. The summed E-state index contributed by atoms with van der Waals surface area (Å²) in [6, 6.07) is 17.8. The van der Waals surface area contributed by atoms with Gasteiger partial charge in [-0.05, 0) is 55.3 Å². The van der Waals surface area contributed by atoms with Crippen LogP contribution in [0.25, 0.3) is 0 Å². The van der Waals surface area contributed by atoms with E-state index in [1.165, 1.54) is 5.56 Å². The van der Waals surface area contributed by atoms with Crippen LogP contribution in [0.4, 0.5) is 5.69 Å². The molecule has 0 saturated carbocycles. The third kappa shape index (κ3) is 5.99. The number of carbonyl (C=O) groups excluding carboxylic acids is 1. The van der Waals surface area contributed by atoms with E-state index in [4.69, 9.17) is 4.74 Å². The highest BCUT2D eigenvalue weighted by Crippen LogP contribution is 2.18. The Morgan fingerprint density at radius 1 is 1.13 bits per heavy atom. The predicted molar refractivity (Wildman–Crippen MR) is 98.3 cm³/mol. The van der Waals surface area contributed by atoms with Crippen LogP contribution in [0.2, 0.25) is 0 Å². The van der Waals surface area contributed by atoms with Crippen LogP contribution in [0.5, 0.6) is 5.75 Å². The summed E-state index contributed by atoms with van der Waals surface area (Å²) in [7, 11) is 1.63. The van der Waals surface area contributed by atoms with Gasteiger partial charge in [0.2, 0.25) is 5.91 Å². The molecule has 1 N–H and O–H groups in total. The van der Waals surface area contributed by atoms with Crippen molar-refractivity contribution in [2.75, 3.05) is 18.2 Å². The van der Waals surface area contributed by atoms with Crippen LogP contribution in [-0.4, -0.2) is 24.0 Å². The Kier molecular flexibility index (Phi) is 7.01. The Labute approximate surface area is 142 Å². The van der Waals surface area contributed by atoms with Gasteiger partial charge in [0.15, 0.2) is 0 Å². The Balaban J connectivity index is 1.69. The molecule has 0 aliphatic carbocycles. The zero-order valence-electron chi connectivity index (χ0n) is 13.6. The Morgan fingerprint density at radius 3 is 2.48 bits per heavy atom. The van der Waals surface area contributed by atoms with E-state index in [2.05, 4.69) is 29.6 Å². The molecule has 0 aromatic heterocycles. The number of methoxy groups -OCH3 is 1. The first-order chi connectivity index (χ1) is 11.2. The van der Waals surface area contributed by atoms with E-state index >= 15 is 0 Å². The first-order valence-electron chi connectivity index (χ1n) is 7.79. The highest BCUT2D eigenvalue weighted by molar-refractivity contribution is 8.00. The Bertz CT molecular complexity index is 599. The smallest absolute Gasteiger partial charge is 0.237 e. The zero-order valence-corrected chi connectivity index (χ0v) is 14.4. The van der Waals surface area contributed by atoms with Crippen LogP contribution in [0.1, 0.15) is 18.9 Å². The number of amides is 1. The average Bonchev–Trinajstić information content (AvgIpc) is 2.60. The van der Waals surface area contributed by atoms with Gasteiger partial charge < -0.3 is 10.1 Å². The third-order valence-corrected chi connectivity index (χ3v) is 4.79. The van der Waals surface area contributed by atoms with Crippen molar-refractivity contribution in [2.24, 2.45) is 0 Å². The summed E-state index contributed by atoms with van der Waals surface area (Å²) in [5.74, 6) is 1.80. The number of anilines is 1. The molecule has 2 aromatic carbocycles. The number of thioether (sulfide) groups is 1. The first kappa shape index (κ1) is 17.4. The molecule has 4 heteroatoms. The molecular weight excluding hydrogens is 306 g/mol. The van der Waals surface area contributed by atoms with Gasteiger partial charge in [0.05, 0.1) is 12.4 Å². The summed E-state index contributed by atoms with van der Waals surface area (Å²) >= 11 is 1.69. The van der Waals surface area contributed by atoms with E-state index in [-0.39, 0.29) is 11.2 Å². The van der Waals surface area contributed by atoms with Gasteiger partial charge in [-0.15, -0.1) is 11.8 Å². The van der Waals surface area contributed by atoms with E-state index in [0.29, 0.717) is 0 Å². The third-order valence-electron chi connectivity index (χ3n) is 3.55. The number of ether oxygens (including phenoxy) is 1. The van der Waals surface area contributed by atoms with Crippen molar-refractivity contribution >= 4 is 23.4 Å². The van der Waals surface area contributed by atoms with Crippen LogP contribution >= 0.6 is 11.8 Å². The standard InChI is InChI=1S/C19H23NO2S/c1-15(23-14-6-9-16-7-4-3-5-8-16)19(21)20-17-10-12-18(22-2)13-11-17/h3-5,7-8,10-13,15H,6,9,14H2,1-2H3,(H,20,21). The second kappa shape index (κ2) is 9.26. The number of hydrogen-bond acceptors (Lipinski definition) is 3. The van der Waals surface area contributed by atoms with E-state index in [9.17, 15) is 4.79 Å². The maximum Gasteiger partial charge on any atom is 0.237 e. The topological polar surface area (TPSA) is 38.3 Å². The zero-order chi connectivity index (χ0) is 16.5. The highest BCUT2D eigenvalue weighted by atomic mass is 32.2. The van der Waals surface area contributed by atoms with Crippen molar-refractivity contribution in [1.29, 1.82) is 0 Å². The van der Waals surface area contributed by atoms with Gasteiger partial charge in [-0.3, -0.25) is 4.79 Å². The molecule has 0 radical (unpaired) electrons. The minimum absolute atomic E-state index is 0.0416. The fourth-order valence-corrected chi connectivity index (χ4v) is 3.05. The molecule has 0 spiro atoms. The molecular formula is C19H23NO2S. The van der Waals surface area contributed by atoms with Gasteiger partial charge in [-0.1, -0.05) is 30.3 Å². The molecule has 23 heavy (non-hydrogen) atoms. The van der Waals surface area contributed by atoms with Gasteiger partial charge in [-0.2, -0.15) is 0 Å². The van der Waals surface area contributed by atoms with Crippen molar-refractivity contribution in [1.82, 2.24) is 0 Å². The summed E-state index contributed by atoms with van der Waals surface area (Å²) < 4.78 is 5.11. The molecule has 0 heterocycles.